The van der Waals surface area contributed by atoms with Gasteiger partial charge in [-0.1, -0.05) is 19.9 Å². The van der Waals surface area contributed by atoms with Gasteiger partial charge in [0, 0.05) is 31.5 Å². The number of hydrogen-bond donors (Lipinski definition) is 1. The predicted octanol–water partition coefficient (Wildman–Crippen LogP) is 2.99. The molecule has 0 aromatic carbocycles. The van der Waals surface area contributed by atoms with E-state index in [1.807, 2.05) is 14.1 Å². The molecule has 4 aliphatic rings. The third-order valence-electron chi connectivity index (χ3n) is 8.42. The van der Waals surface area contributed by atoms with E-state index in [0.29, 0.717) is 23.7 Å². The van der Waals surface area contributed by atoms with Crippen LogP contribution in [-0.2, 0) is 9.59 Å². The highest BCUT2D eigenvalue weighted by Gasteiger charge is 2.60. The number of rotatable bonds is 1. The molecule has 0 aromatic heterocycles. The van der Waals surface area contributed by atoms with Crippen LogP contribution < -0.4 is 5.32 Å². The van der Waals surface area contributed by atoms with Crippen molar-refractivity contribution in [3.05, 3.63) is 12.2 Å². The molecule has 1 N–H and O–H groups in total. The Bertz CT molecular complexity index is 627. The Morgan fingerprint density at radius 2 is 1.88 bits per heavy atom. The summed E-state index contributed by atoms with van der Waals surface area (Å²) in [6, 6.07) is 0.288. The molecule has 0 aromatic rings. The third kappa shape index (κ3) is 2.32. The Kier molecular flexibility index (Phi) is 3.82. The molecule has 3 aliphatic carbocycles. The molecule has 138 valence electrons. The Labute approximate surface area is 151 Å². The van der Waals surface area contributed by atoms with Gasteiger partial charge < -0.3 is 10.2 Å². The van der Waals surface area contributed by atoms with E-state index in [0.717, 1.165) is 19.3 Å². The maximum absolute atomic E-state index is 12.8. The molecule has 3 saturated carbocycles. The van der Waals surface area contributed by atoms with Crippen molar-refractivity contribution < 1.29 is 9.59 Å². The lowest BCUT2D eigenvalue weighted by Gasteiger charge is -2.58. The second-order valence-corrected chi connectivity index (χ2v) is 9.62. The Balaban J connectivity index is 1.63. The van der Waals surface area contributed by atoms with Crippen molar-refractivity contribution in [3.8, 4) is 0 Å². The highest BCUT2D eigenvalue weighted by atomic mass is 16.2. The molecule has 0 radical (unpaired) electrons. The monoisotopic (exact) mass is 344 g/mol. The van der Waals surface area contributed by atoms with Crippen LogP contribution in [0.4, 0.5) is 0 Å². The summed E-state index contributed by atoms with van der Waals surface area (Å²) >= 11 is 0. The molecule has 0 saturated heterocycles. The van der Waals surface area contributed by atoms with Crippen LogP contribution in [0.25, 0.3) is 0 Å². The van der Waals surface area contributed by atoms with Crippen LogP contribution >= 0.6 is 0 Å². The maximum atomic E-state index is 12.8. The van der Waals surface area contributed by atoms with Gasteiger partial charge in [-0.15, -0.1) is 0 Å². The molecule has 4 rings (SSSR count). The smallest absolute Gasteiger partial charge is 0.243 e. The van der Waals surface area contributed by atoms with E-state index in [9.17, 15) is 9.59 Å². The first kappa shape index (κ1) is 17.1. The fourth-order valence-corrected chi connectivity index (χ4v) is 7.05. The number of carbonyl (C=O) groups excluding carboxylic acids is 2. The molecule has 0 spiro atoms. The van der Waals surface area contributed by atoms with Crippen LogP contribution in [0.1, 0.15) is 52.4 Å². The van der Waals surface area contributed by atoms with E-state index in [1.165, 1.54) is 19.3 Å². The van der Waals surface area contributed by atoms with Crippen molar-refractivity contribution in [3.63, 3.8) is 0 Å². The largest absolute Gasteiger partial charge is 0.349 e. The van der Waals surface area contributed by atoms with Gasteiger partial charge in [-0.3, -0.25) is 9.59 Å². The van der Waals surface area contributed by atoms with Crippen molar-refractivity contribution in [2.24, 2.45) is 34.5 Å². The molecule has 3 fully saturated rings. The van der Waals surface area contributed by atoms with Crippen molar-refractivity contribution >= 4 is 11.8 Å². The molecule has 1 heterocycles. The van der Waals surface area contributed by atoms with Gasteiger partial charge in [0.2, 0.25) is 11.8 Å². The van der Waals surface area contributed by atoms with Gasteiger partial charge in [-0.2, -0.15) is 0 Å². The summed E-state index contributed by atoms with van der Waals surface area (Å²) in [7, 11) is 3.79. The van der Waals surface area contributed by atoms with Crippen LogP contribution in [0.3, 0.4) is 0 Å². The number of amides is 2. The van der Waals surface area contributed by atoms with E-state index in [-0.39, 0.29) is 28.7 Å². The topological polar surface area (TPSA) is 49.4 Å². The van der Waals surface area contributed by atoms with Crippen LogP contribution in [0, 0.1) is 34.5 Å². The average molecular weight is 344 g/mol. The summed E-state index contributed by atoms with van der Waals surface area (Å²) in [4.78, 5) is 26.3. The first-order valence-electron chi connectivity index (χ1n) is 9.98. The fraction of sp³-hybridized carbons (Fsp3) is 0.810. The van der Waals surface area contributed by atoms with Crippen molar-refractivity contribution in [1.29, 1.82) is 0 Å². The predicted molar refractivity (Wildman–Crippen MR) is 97.6 cm³/mol. The highest BCUT2D eigenvalue weighted by Crippen LogP contribution is 2.65. The SMILES string of the molecule is CN(C)C(=O)[C@@H]1CC[C@H]2[C@@H]3CC[C@H]4NC(=O)C=C[C@]4(C)[C@H]3CC[C@]12C. The second kappa shape index (κ2) is 5.59. The standard InChI is InChI=1S/C21H32N2O2/c1-20-11-9-15-13(14(20)6-7-16(20)19(25)23(3)4)5-8-17-21(15,2)12-10-18(24)22-17/h10,12-17H,5-9,11H2,1-4H3,(H,22,24)/t13-,14-,15-,16-,17+,20-,21+/m0/s1. The summed E-state index contributed by atoms with van der Waals surface area (Å²) in [6.45, 7) is 4.74. The number of nitrogens with zero attached hydrogens (tertiary/aromatic N) is 1. The molecule has 0 bridgehead atoms. The molecule has 4 heteroatoms. The zero-order chi connectivity index (χ0) is 18.0. The molecular formula is C21H32N2O2. The Morgan fingerprint density at radius 3 is 2.60 bits per heavy atom. The zero-order valence-electron chi connectivity index (χ0n) is 16.0. The van der Waals surface area contributed by atoms with Crippen molar-refractivity contribution in [2.45, 2.75) is 58.4 Å². The molecule has 4 nitrogen and oxygen atoms in total. The number of nitrogens with one attached hydrogen (secondary N) is 1. The van der Waals surface area contributed by atoms with E-state index in [2.05, 4.69) is 25.2 Å². The van der Waals surface area contributed by atoms with E-state index in [1.54, 1.807) is 11.0 Å². The summed E-state index contributed by atoms with van der Waals surface area (Å²) in [5, 5.41) is 3.22. The lowest BCUT2D eigenvalue weighted by Crippen LogP contribution is -2.59. The minimum absolute atomic E-state index is 0.0686. The first-order chi connectivity index (χ1) is 11.8. The molecule has 25 heavy (non-hydrogen) atoms. The van der Waals surface area contributed by atoms with Crippen molar-refractivity contribution in [2.75, 3.05) is 14.1 Å². The molecule has 7 atom stereocenters. The second-order valence-electron chi connectivity index (χ2n) is 9.62. The van der Waals surface area contributed by atoms with Gasteiger partial charge in [0.25, 0.3) is 0 Å². The van der Waals surface area contributed by atoms with Crippen LogP contribution in [-0.4, -0.2) is 36.9 Å². The van der Waals surface area contributed by atoms with Crippen LogP contribution in [0.5, 0.6) is 0 Å². The number of fused-ring (bicyclic) bond motifs is 5. The highest BCUT2D eigenvalue weighted by molar-refractivity contribution is 5.89. The summed E-state index contributed by atoms with van der Waals surface area (Å²) < 4.78 is 0. The lowest BCUT2D eigenvalue weighted by molar-refractivity contribution is -0.141. The first-order valence-corrected chi connectivity index (χ1v) is 9.98. The Morgan fingerprint density at radius 1 is 1.12 bits per heavy atom. The lowest BCUT2D eigenvalue weighted by atomic mass is 9.48. The molecule has 2 amide bonds. The summed E-state index contributed by atoms with van der Waals surface area (Å²) in [5.41, 5.74) is 0.245. The van der Waals surface area contributed by atoms with Gasteiger partial charge in [0.1, 0.15) is 0 Å². The van der Waals surface area contributed by atoms with Gasteiger partial charge in [-0.05, 0) is 67.8 Å². The number of carbonyl (C=O) groups is 2. The Hall–Kier alpha value is -1.32. The van der Waals surface area contributed by atoms with Gasteiger partial charge >= 0.3 is 0 Å². The summed E-state index contributed by atoms with van der Waals surface area (Å²) in [5.74, 6) is 2.57. The maximum Gasteiger partial charge on any atom is 0.243 e. The minimum Gasteiger partial charge on any atom is -0.349 e. The van der Waals surface area contributed by atoms with Gasteiger partial charge in [-0.25, -0.2) is 0 Å². The van der Waals surface area contributed by atoms with E-state index in [4.69, 9.17) is 0 Å². The van der Waals surface area contributed by atoms with E-state index >= 15 is 0 Å². The molecular weight excluding hydrogens is 312 g/mol. The van der Waals surface area contributed by atoms with Gasteiger partial charge in [0.05, 0.1) is 0 Å². The van der Waals surface area contributed by atoms with Gasteiger partial charge in [0.15, 0.2) is 0 Å². The van der Waals surface area contributed by atoms with Crippen molar-refractivity contribution in [1.82, 2.24) is 10.2 Å². The number of hydrogen-bond acceptors (Lipinski definition) is 2. The summed E-state index contributed by atoms with van der Waals surface area (Å²) in [6.07, 6.45) is 10.8. The van der Waals surface area contributed by atoms with Crippen LogP contribution in [0.15, 0.2) is 12.2 Å². The normalized spacial score (nSPS) is 48.2. The molecule has 0 unspecified atom stereocenters. The van der Waals surface area contributed by atoms with Crippen LogP contribution in [0.2, 0.25) is 0 Å². The quantitative estimate of drug-likeness (QED) is 0.795. The minimum atomic E-state index is 0.0686. The average Bonchev–Trinajstić information content (AvgIpc) is 2.92. The third-order valence-corrected chi connectivity index (χ3v) is 8.42. The zero-order valence-corrected chi connectivity index (χ0v) is 16.0. The van der Waals surface area contributed by atoms with E-state index < -0.39 is 0 Å². The molecule has 1 aliphatic heterocycles. The fourth-order valence-electron chi connectivity index (χ4n) is 7.05.